The van der Waals surface area contributed by atoms with Crippen molar-refractivity contribution in [3.8, 4) is 12.1 Å². The zero-order valence-electron chi connectivity index (χ0n) is 26.3. The molecule has 0 aliphatic carbocycles. The van der Waals surface area contributed by atoms with Gasteiger partial charge in [0.2, 0.25) is 5.76 Å². The molecule has 3 aliphatic heterocycles. The van der Waals surface area contributed by atoms with Gasteiger partial charge in [-0.15, -0.1) is 0 Å². The first-order valence-electron chi connectivity index (χ1n) is 15.0. The maximum absolute atomic E-state index is 12.6. The van der Waals surface area contributed by atoms with Crippen LogP contribution in [-0.4, -0.2) is 107 Å². The van der Waals surface area contributed by atoms with Crippen molar-refractivity contribution in [2.45, 2.75) is 38.3 Å². The topological polar surface area (TPSA) is 140 Å². The van der Waals surface area contributed by atoms with Crippen molar-refractivity contribution in [3.63, 3.8) is 0 Å². The molecule has 3 aromatic rings. The molecular weight excluding hydrogens is 681 g/mol. The average Bonchev–Trinajstić information content (AvgIpc) is 3.55. The number of nitrogens with zero attached hydrogens (tertiary/aromatic N) is 7. The molecule has 3 N–H and O–H groups in total. The Morgan fingerprint density at radius 2 is 1.72 bits per heavy atom. The van der Waals surface area contributed by atoms with Gasteiger partial charge in [-0.05, 0) is 50.9 Å². The minimum absolute atomic E-state index is 0. The molecule has 2 aromatic carbocycles. The van der Waals surface area contributed by atoms with E-state index in [2.05, 4.69) is 69.8 Å². The zero-order valence-corrected chi connectivity index (χ0v) is 29.5. The Hall–Kier alpha value is -3.26. The minimum Gasteiger partial charge on any atom is -0.796 e. The molecule has 0 bridgehead atoms. The number of likely N-dealkylation sites (tertiary alicyclic amines) is 1. The molecule has 2 saturated heterocycles. The predicted molar refractivity (Wildman–Crippen MR) is 178 cm³/mol. The fourth-order valence-corrected chi connectivity index (χ4v) is 6.07. The monoisotopic (exact) mass is 718 g/mol. The number of aromatic nitrogens is 2. The van der Waals surface area contributed by atoms with Crippen molar-refractivity contribution >= 4 is 48.7 Å². The molecule has 2 fully saturated rings. The minimum atomic E-state index is -0.964. The van der Waals surface area contributed by atoms with E-state index in [0.29, 0.717) is 25.3 Å². The molecule has 1 amide bonds. The summed E-state index contributed by atoms with van der Waals surface area (Å²) in [5.41, 5.74) is 1.78. The normalized spacial score (nSPS) is 18.1. The number of anilines is 2. The fourth-order valence-electron chi connectivity index (χ4n) is 6.07. The van der Waals surface area contributed by atoms with Gasteiger partial charge in [0.25, 0.3) is 5.91 Å². The van der Waals surface area contributed by atoms with Gasteiger partial charge < -0.3 is 47.5 Å². The van der Waals surface area contributed by atoms with Crippen LogP contribution in [0.15, 0.2) is 53.9 Å². The molecule has 0 spiro atoms. The van der Waals surface area contributed by atoms with Gasteiger partial charge in [0, 0.05) is 69.0 Å². The van der Waals surface area contributed by atoms with E-state index < -0.39 is 23.4 Å². The van der Waals surface area contributed by atoms with Gasteiger partial charge in [-0.25, -0.2) is 0 Å². The molecule has 1 aromatic heterocycles. The van der Waals surface area contributed by atoms with E-state index in [1.54, 1.807) is 6.26 Å². The van der Waals surface area contributed by atoms with Crippen LogP contribution in [0.2, 0.25) is 0 Å². The third-order valence-electron chi connectivity index (χ3n) is 8.28. The Labute approximate surface area is 296 Å². The number of piperazine rings is 1. The van der Waals surface area contributed by atoms with Crippen molar-refractivity contribution in [1.82, 2.24) is 19.8 Å². The molecule has 46 heavy (non-hydrogen) atoms. The third-order valence-corrected chi connectivity index (χ3v) is 8.28. The van der Waals surface area contributed by atoms with Crippen LogP contribution in [0.1, 0.15) is 30.5 Å². The number of amides is 1. The van der Waals surface area contributed by atoms with Gasteiger partial charge in [-0.1, -0.05) is 36.4 Å². The molecule has 6 rings (SSSR count). The standard InChI is InChI=1S/C26H25BN6O4.C5H11N.CH4S.Zr/c27-23(35)22(34)25(36)33-13-12-32(14-17(33)8-10-28)24-19-9-11-31(15-20(19)29-26(37)30-24)21-7-3-5-16-4-1-2-6-18(16)21;1-6-4-2-3-5-6;1-2;/h1-7,17,34-35H,8-9,11-15H2,(H,29,30,37);2-5H2,1H3;2H,1H3;/p-1/b23-22-;;;/t17-;;;/m0.../s1. The van der Waals surface area contributed by atoms with Crippen LogP contribution >= 0.6 is 0 Å². The molecule has 4 heterocycles. The molecule has 240 valence electrons. The Kier molecular flexibility index (Phi) is 14.2. The van der Waals surface area contributed by atoms with Gasteiger partial charge in [0.15, 0.2) is 7.85 Å². The van der Waals surface area contributed by atoms with Crippen LogP contribution in [0.3, 0.4) is 0 Å². The van der Waals surface area contributed by atoms with E-state index >= 15 is 0 Å². The van der Waals surface area contributed by atoms with E-state index in [1.165, 1.54) is 30.8 Å². The van der Waals surface area contributed by atoms with Gasteiger partial charge >= 0.3 is 6.01 Å². The molecule has 14 heteroatoms. The summed E-state index contributed by atoms with van der Waals surface area (Å²) < 4.78 is 0. The Balaban J connectivity index is 0.000000567. The second-order valence-corrected chi connectivity index (χ2v) is 11.1. The number of fused-ring (bicyclic) bond motifs is 2. The summed E-state index contributed by atoms with van der Waals surface area (Å²) in [6, 6.07) is 15.6. The number of aliphatic hydroxyl groups is 2. The average molecular weight is 720 g/mol. The number of nitriles is 1. The molecule has 11 nitrogen and oxygen atoms in total. The van der Waals surface area contributed by atoms with E-state index in [9.17, 15) is 25.4 Å². The first kappa shape index (κ1) is 37.2. The van der Waals surface area contributed by atoms with E-state index in [0.717, 1.165) is 34.3 Å². The number of aliphatic hydroxyl groups excluding tert-OH is 2. The van der Waals surface area contributed by atoms with Gasteiger partial charge in [-0.2, -0.15) is 21.5 Å². The van der Waals surface area contributed by atoms with Gasteiger partial charge in [0.1, 0.15) is 5.82 Å². The molecule has 1 atom stereocenters. The summed E-state index contributed by atoms with van der Waals surface area (Å²) in [4.78, 5) is 29.1. The van der Waals surface area contributed by atoms with Crippen LogP contribution in [0.5, 0.6) is 6.01 Å². The summed E-state index contributed by atoms with van der Waals surface area (Å²) in [6.07, 6.45) is 5.07. The van der Waals surface area contributed by atoms with Crippen LogP contribution in [0.25, 0.3) is 10.8 Å². The number of carbonyl (C=O) groups excluding carboxylic acids is 1. The second-order valence-electron chi connectivity index (χ2n) is 11.1. The summed E-state index contributed by atoms with van der Waals surface area (Å²) in [7, 11) is 7.35. The predicted octanol–water partition coefficient (Wildman–Crippen LogP) is 3.16. The smallest absolute Gasteiger partial charge is 0.316 e. The van der Waals surface area contributed by atoms with E-state index in [1.807, 2.05) is 23.1 Å². The number of rotatable bonds is 4. The summed E-state index contributed by atoms with van der Waals surface area (Å²) in [5.74, 6) is -1.20. The Morgan fingerprint density at radius 3 is 2.37 bits per heavy atom. The number of hydrogen-bond donors (Lipinski definition) is 3. The van der Waals surface area contributed by atoms with Crippen LogP contribution in [-0.2, 0) is 56.6 Å². The first-order valence-corrected chi connectivity index (χ1v) is 15.8. The maximum atomic E-state index is 12.6. The summed E-state index contributed by atoms with van der Waals surface area (Å²) in [6.45, 7) is 4.65. The van der Waals surface area contributed by atoms with Gasteiger partial charge in [-0.3, -0.25) is 4.79 Å². The Bertz CT molecular complexity index is 1560. The van der Waals surface area contributed by atoms with Crippen molar-refractivity contribution in [2.75, 3.05) is 62.4 Å². The largest absolute Gasteiger partial charge is 0.796 e. The van der Waals surface area contributed by atoms with E-state index in [-0.39, 0.29) is 51.7 Å². The van der Waals surface area contributed by atoms with Crippen molar-refractivity contribution in [1.29, 1.82) is 5.26 Å². The van der Waals surface area contributed by atoms with Crippen molar-refractivity contribution in [3.05, 3.63) is 65.1 Å². The first-order chi connectivity index (χ1) is 21.8. The zero-order chi connectivity index (χ0) is 32.5. The summed E-state index contributed by atoms with van der Waals surface area (Å²) >= 11 is 4.08. The molecule has 2 radical (unpaired) electrons. The SMILES string of the molecule is CN1CCCC1.C[S-].[B]/C(O)=C(/O)C(=O)N1CCN(c2nc(O)nc3c2CCN(c2cccc4ccccc24)C3)C[C@@H]1CC#N.[Zr]. The third kappa shape index (κ3) is 8.75. The second kappa shape index (κ2) is 17.6. The molecule has 0 unspecified atom stereocenters. The molecule has 0 saturated carbocycles. The Morgan fingerprint density at radius 1 is 1.02 bits per heavy atom. The molecular formula is C32H39BN7O4SZr-. The number of carbonyl (C=O) groups is 1. The van der Waals surface area contributed by atoms with Crippen LogP contribution in [0, 0.1) is 11.3 Å². The van der Waals surface area contributed by atoms with Crippen LogP contribution in [0.4, 0.5) is 11.5 Å². The van der Waals surface area contributed by atoms with E-state index in [4.69, 9.17) is 7.85 Å². The number of hydrogen-bond acceptors (Lipinski definition) is 11. The molecule has 3 aliphatic rings. The fraction of sp³-hybridized carbons (Fsp3) is 0.438. The quantitative estimate of drug-likeness (QED) is 0.159. The maximum Gasteiger partial charge on any atom is 0.316 e. The van der Waals surface area contributed by atoms with Crippen LogP contribution < -0.4 is 9.80 Å². The van der Waals surface area contributed by atoms with Crippen molar-refractivity contribution < 1.29 is 46.3 Å². The number of benzene rings is 2. The van der Waals surface area contributed by atoms with Crippen molar-refractivity contribution in [2.24, 2.45) is 0 Å². The van der Waals surface area contributed by atoms with Gasteiger partial charge in [0.05, 0.1) is 36.4 Å². The number of aromatic hydroxyl groups is 1. The summed E-state index contributed by atoms with van der Waals surface area (Å²) in [5, 5.41) is 41.2.